The molecular weight excluding hydrogens is 348 g/mol. The normalized spacial score (nSPS) is 14.3. The first-order valence-corrected chi connectivity index (χ1v) is 13.0. The lowest BCUT2D eigenvalue weighted by molar-refractivity contribution is 0.155. The van der Waals surface area contributed by atoms with Gasteiger partial charge in [-0.3, -0.25) is 4.18 Å². The summed E-state index contributed by atoms with van der Waals surface area (Å²) in [5.74, 6) is 0. The van der Waals surface area contributed by atoms with Crippen LogP contribution in [-0.4, -0.2) is 22.2 Å². The SMILES string of the molecule is Cc1ccc(S(=O)(=O)OC(C(C)(C)C)[Si](C)(C)c2ccccc2)cc1. The van der Waals surface area contributed by atoms with Crippen LogP contribution >= 0.6 is 0 Å². The topological polar surface area (TPSA) is 43.4 Å². The monoisotopic (exact) mass is 376 g/mol. The zero-order chi connectivity index (χ0) is 18.9. The second kappa shape index (κ2) is 7.06. The predicted molar refractivity (Wildman–Crippen MR) is 106 cm³/mol. The van der Waals surface area contributed by atoms with E-state index >= 15 is 0 Å². The van der Waals surface area contributed by atoms with E-state index in [2.05, 4.69) is 25.2 Å². The molecule has 0 saturated carbocycles. The molecule has 25 heavy (non-hydrogen) atoms. The average Bonchev–Trinajstić information content (AvgIpc) is 2.53. The molecule has 1 atom stereocenters. The van der Waals surface area contributed by atoms with Gasteiger partial charge < -0.3 is 0 Å². The molecule has 0 spiro atoms. The van der Waals surface area contributed by atoms with Crippen LogP contribution in [0.3, 0.4) is 0 Å². The van der Waals surface area contributed by atoms with Gasteiger partial charge in [-0.2, -0.15) is 8.42 Å². The van der Waals surface area contributed by atoms with Crippen LogP contribution in [0.15, 0.2) is 59.5 Å². The van der Waals surface area contributed by atoms with Gasteiger partial charge in [0.05, 0.1) is 10.6 Å². The molecule has 0 aliphatic carbocycles. The lowest BCUT2D eigenvalue weighted by Crippen LogP contribution is -2.59. The van der Waals surface area contributed by atoms with E-state index in [0.717, 1.165) is 5.56 Å². The number of hydrogen-bond donors (Lipinski definition) is 0. The first-order valence-electron chi connectivity index (χ1n) is 8.50. The van der Waals surface area contributed by atoms with Gasteiger partial charge in [-0.05, 0) is 24.5 Å². The van der Waals surface area contributed by atoms with E-state index in [1.807, 2.05) is 45.9 Å². The Morgan fingerprint density at radius 2 is 1.44 bits per heavy atom. The smallest absolute Gasteiger partial charge is 0.266 e. The van der Waals surface area contributed by atoms with Crippen molar-refractivity contribution in [3.05, 3.63) is 60.2 Å². The van der Waals surface area contributed by atoms with Crippen LogP contribution in [0.2, 0.25) is 13.1 Å². The first-order chi connectivity index (χ1) is 11.4. The zero-order valence-electron chi connectivity index (χ0n) is 15.9. The summed E-state index contributed by atoms with van der Waals surface area (Å²) in [6.45, 7) is 12.4. The molecule has 0 fully saturated rings. The average molecular weight is 377 g/mol. The minimum absolute atomic E-state index is 0.213. The summed E-state index contributed by atoms with van der Waals surface area (Å²) in [6, 6.07) is 16.9. The summed E-state index contributed by atoms with van der Waals surface area (Å²) in [4.78, 5) is 0.213. The molecule has 2 aromatic rings. The van der Waals surface area contributed by atoms with Crippen molar-refractivity contribution in [1.29, 1.82) is 0 Å². The lowest BCUT2D eigenvalue weighted by atomic mass is 9.98. The molecule has 136 valence electrons. The summed E-state index contributed by atoms with van der Waals surface area (Å²) in [5.41, 5.74) is 0.336. The van der Waals surface area contributed by atoms with Crippen LogP contribution in [0.4, 0.5) is 0 Å². The summed E-state index contributed by atoms with van der Waals surface area (Å²) >= 11 is 0. The molecular formula is C20H28O3SSi. The minimum Gasteiger partial charge on any atom is -0.266 e. The second-order valence-electron chi connectivity index (χ2n) is 8.20. The largest absolute Gasteiger partial charge is 0.296 e. The van der Waals surface area contributed by atoms with Crippen molar-refractivity contribution in [3.8, 4) is 0 Å². The summed E-state index contributed by atoms with van der Waals surface area (Å²) in [7, 11) is -6.02. The van der Waals surface area contributed by atoms with E-state index in [1.165, 1.54) is 5.19 Å². The van der Waals surface area contributed by atoms with Crippen molar-refractivity contribution < 1.29 is 12.6 Å². The Morgan fingerprint density at radius 3 is 1.92 bits per heavy atom. The summed E-state index contributed by atoms with van der Waals surface area (Å²) in [6.07, 6.45) is 0. The third kappa shape index (κ3) is 4.60. The van der Waals surface area contributed by atoms with Crippen LogP contribution in [-0.2, 0) is 14.3 Å². The fraction of sp³-hybridized carbons (Fsp3) is 0.400. The molecule has 2 aromatic carbocycles. The fourth-order valence-corrected chi connectivity index (χ4v) is 9.24. The van der Waals surface area contributed by atoms with Gasteiger partial charge in [0.2, 0.25) is 0 Å². The standard InChI is InChI=1S/C20H28O3SSi/c1-16-12-14-17(15-13-16)24(21,22)23-19(20(2,3)4)25(5,6)18-10-8-7-9-11-18/h7-15,19H,1-6H3. The Labute approximate surface area is 153 Å². The van der Waals surface area contributed by atoms with Crippen molar-refractivity contribution in [2.24, 2.45) is 5.41 Å². The van der Waals surface area contributed by atoms with Crippen LogP contribution < -0.4 is 5.19 Å². The number of rotatable bonds is 5. The molecule has 0 heterocycles. The molecule has 2 rings (SSSR count). The maximum Gasteiger partial charge on any atom is 0.296 e. The van der Waals surface area contributed by atoms with Gasteiger partial charge in [-0.1, -0.05) is 87.1 Å². The molecule has 3 nitrogen and oxygen atoms in total. The molecule has 0 aliphatic heterocycles. The van der Waals surface area contributed by atoms with Crippen molar-refractivity contribution in [1.82, 2.24) is 0 Å². The molecule has 0 saturated heterocycles. The van der Waals surface area contributed by atoms with Gasteiger partial charge in [0.1, 0.15) is 8.07 Å². The Bertz CT molecular complexity index is 804. The van der Waals surface area contributed by atoms with Gasteiger partial charge in [0.25, 0.3) is 10.1 Å². The Hall–Kier alpha value is -1.43. The number of aryl methyl sites for hydroxylation is 1. The van der Waals surface area contributed by atoms with Crippen molar-refractivity contribution >= 4 is 23.4 Å². The van der Waals surface area contributed by atoms with E-state index in [9.17, 15) is 8.42 Å². The lowest BCUT2D eigenvalue weighted by Gasteiger charge is -2.40. The third-order valence-corrected chi connectivity index (χ3v) is 10.1. The maximum absolute atomic E-state index is 12.9. The fourth-order valence-electron chi connectivity index (χ4n) is 3.25. The highest BCUT2D eigenvalue weighted by atomic mass is 32.2. The molecule has 1 unspecified atom stereocenters. The Morgan fingerprint density at radius 1 is 0.920 bits per heavy atom. The zero-order valence-corrected chi connectivity index (χ0v) is 17.7. The van der Waals surface area contributed by atoms with Crippen molar-refractivity contribution in [2.45, 2.75) is 51.4 Å². The molecule has 0 aromatic heterocycles. The Kier molecular flexibility index (Phi) is 5.61. The maximum atomic E-state index is 12.9. The van der Waals surface area contributed by atoms with Gasteiger partial charge in [-0.15, -0.1) is 0 Å². The number of benzene rings is 2. The van der Waals surface area contributed by atoms with Crippen molar-refractivity contribution in [2.75, 3.05) is 0 Å². The van der Waals surface area contributed by atoms with E-state index < -0.39 is 18.2 Å². The Balaban J connectivity index is 2.44. The molecule has 0 bridgehead atoms. The highest BCUT2D eigenvalue weighted by Gasteiger charge is 2.45. The molecule has 0 amide bonds. The van der Waals surface area contributed by atoms with Gasteiger partial charge >= 0.3 is 0 Å². The predicted octanol–water partition coefficient (Wildman–Crippen LogP) is 4.27. The molecule has 0 N–H and O–H groups in total. The third-order valence-electron chi connectivity index (χ3n) is 4.49. The van der Waals surface area contributed by atoms with Crippen LogP contribution in [0.5, 0.6) is 0 Å². The molecule has 0 aliphatic rings. The minimum atomic E-state index is -3.82. The highest BCUT2D eigenvalue weighted by molar-refractivity contribution is 7.86. The van der Waals surface area contributed by atoms with Gasteiger partial charge in [0, 0.05) is 0 Å². The van der Waals surface area contributed by atoms with E-state index in [4.69, 9.17) is 4.18 Å². The van der Waals surface area contributed by atoms with Gasteiger partial charge in [0.15, 0.2) is 0 Å². The van der Waals surface area contributed by atoms with Crippen molar-refractivity contribution in [3.63, 3.8) is 0 Å². The molecule has 0 radical (unpaired) electrons. The van der Waals surface area contributed by atoms with E-state index in [-0.39, 0.29) is 16.0 Å². The summed E-state index contributed by atoms with van der Waals surface area (Å²) < 4.78 is 31.6. The second-order valence-corrected chi connectivity index (χ2v) is 14.3. The van der Waals surface area contributed by atoms with Gasteiger partial charge in [-0.25, -0.2) is 0 Å². The van der Waals surface area contributed by atoms with E-state index in [0.29, 0.717) is 0 Å². The van der Waals surface area contributed by atoms with Crippen LogP contribution in [0, 0.1) is 12.3 Å². The van der Waals surface area contributed by atoms with Crippen LogP contribution in [0.1, 0.15) is 26.3 Å². The number of hydrogen-bond acceptors (Lipinski definition) is 3. The van der Waals surface area contributed by atoms with E-state index in [1.54, 1.807) is 24.3 Å². The highest BCUT2D eigenvalue weighted by Crippen LogP contribution is 2.33. The summed E-state index contributed by atoms with van der Waals surface area (Å²) in [5, 5.41) is 1.19. The molecule has 5 heteroatoms. The van der Waals surface area contributed by atoms with Crippen LogP contribution in [0.25, 0.3) is 0 Å². The quantitative estimate of drug-likeness (QED) is 0.578. The first kappa shape index (κ1) is 19.9.